The highest BCUT2D eigenvalue weighted by Crippen LogP contribution is 2.24. The molecule has 0 fully saturated rings. The summed E-state index contributed by atoms with van der Waals surface area (Å²) in [5, 5.41) is 10.9. The number of rotatable bonds is 1. The van der Waals surface area contributed by atoms with Crippen molar-refractivity contribution < 1.29 is 0 Å². The first-order valence-electron chi connectivity index (χ1n) is 4.42. The second kappa shape index (κ2) is 4.12. The first-order chi connectivity index (χ1) is 7.33. The van der Waals surface area contributed by atoms with Crippen molar-refractivity contribution in [2.45, 2.75) is 0 Å². The number of benzene rings is 1. The van der Waals surface area contributed by atoms with Gasteiger partial charge in [-0.15, -0.1) is 0 Å². The van der Waals surface area contributed by atoms with Crippen molar-refractivity contribution in [3.8, 4) is 6.07 Å². The summed E-state index contributed by atoms with van der Waals surface area (Å²) in [6.07, 6.45) is 4.82. The summed E-state index contributed by atoms with van der Waals surface area (Å²) in [5.41, 5.74) is 0.900. The molecule has 2 rings (SSSR count). The summed E-state index contributed by atoms with van der Waals surface area (Å²) >= 11 is 5.96. The average Bonchev–Trinajstić information content (AvgIpc) is 2.29. The van der Waals surface area contributed by atoms with E-state index >= 15 is 0 Å². The molecule has 0 atom stereocenters. The zero-order chi connectivity index (χ0) is 10.7. The van der Waals surface area contributed by atoms with Gasteiger partial charge in [0.05, 0.1) is 6.07 Å². The Balaban J connectivity index is 2.73. The van der Waals surface area contributed by atoms with Crippen LogP contribution in [0.25, 0.3) is 16.8 Å². The molecule has 0 bridgehead atoms. The fourth-order valence-corrected chi connectivity index (χ4v) is 1.65. The number of allylic oxidation sites excluding steroid dienone is 1. The summed E-state index contributed by atoms with van der Waals surface area (Å²) in [5.74, 6) is 0. The molecule has 0 saturated heterocycles. The highest BCUT2D eigenvalue weighted by Gasteiger charge is 2.02. The van der Waals surface area contributed by atoms with Crippen molar-refractivity contribution in [3.63, 3.8) is 0 Å². The number of aromatic nitrogens is 1. The average molecular weight is 215 g/mol. The van der Waals surface area contributed by atoms with E-state index in [0.29, 0.717) is 5.15 Å². The van der Waals surface area contributed by atoms with Gasteiger partial charge in [-0.1, -0.05) is 35.9 Å². The molecule has 0 aliphatic heterocycles. The summed E-state index contributed by atoms with van der Waals surface area (Å²) in [4.78, 5) is 4.06. The maximum absolute atomic E-state index is 8.47. The van der Waals surface area contributed by atoms with Crippen LogP contribution in [-0.4, -0.2) is 4.98 Å². The smallest absolute Gasteiger partial charge is 0.136 e. The van der Waals surface area contributed by atoms with Crippen molar-refractivity contribution in [3.05, 3.63) is 47.3 Å². The van der Waals surface area contributed by atoms with Crippen LogP contribution < -0.4 is 0 Å². The number of nitriles is 1. The standard InChI is InChI=1S/C12H7ClN2/c13-12-11-6-2-1-5-10(11)9(8-15-12)4-3-7-14/h1-6,8H. The summed E-state index contributed by atoms with van der Waals surface area (Å²) in [7, 11) is 0. The fraction of sp³-hybridized carbons (Fsp3) is 0. The number of pyridine rings is 1. The third kappa shape index (κ3) is 1.83. The minimum Gasteiger partial charge on any atom is -0.243 e. The highest BCUT2D eigenvalue weighted by atomic mass is 35.5. The topological polar surface area (TPSA) is 36.7 Å². The summed E-state index contributed by atoms with van der Waals surface area (Å²) in [6, 6.07) is 9.67. The molecule has 0 spiro atoms. The molecule has 0 N–H and O–H groups in total. The van der Waals surface area contributed by atoms with Crippen molar-refractivity contribution in [2.24, 2.45) is 0 Å². The van der Waals surface area contributed by atoms with Gasteiger partial charge in [0.2, 0.25) is 0 Å². The van der Waals surface area contributed by atoms with Gasteiger partial charge in [-0.2, -0.15) is 5.26 Å². The van der Waals surface area contributed by atoms with E-state index in [-0.39, 0.29) is 0 Å². The molecule has 72 valence electrons. The van der Waals surface area contributed by atoms with Crippen molar-refractivity contribution in [1.82, 2.24) is 4.98 Å². The molecular weight excluding hydrogens is 208 g/mol. The number of hydrogen-bond acceptors (Lipinski definition) is 2. The van der Waals surface area contributed by atoms with Crippen LogP contribution in [0.4, 0.5) is 0 Å². The van der Waals surface area contributed by atoms with Crippen molar-refractivity contribution in [1.29, 1.82) is 5.26 Å². The molecule has 15 heavy (non-hydrogen) atoms. The number of hydrogen-bond donors (Lipinski definition) is 0. The number of nitrogens with zero attached hydrogens (tertiary/aromatic N) is 2. The lowest BCUT2D eigenvalue weighted by atomic mass is 10.1. The van der Waals surface area contributed by atoms with Crippen LogP contribution >= 0.6 is 11.6 Å². The Kier molecular flexibility index (Phi) is 2.66. The van der Waals surface area contributed by atoms with Crippen LogP contribution in [0.5, 0.6) is 0 Å². The maximum atomic E-state index is 8.47. The summed E-state index contributed by atoms with van der Waals surface area (Å²) in [6.45, 7) is 0. The van der Waals surface area contributed by atoms with Crippen LogP contribution in [0, 0.1) is 11.3 Å². The van der Waals surface area contributed by atoms with Crippen LogP contribution in [0.2, 0.25) is 5.15 Å². The molecule has 2 aromatic rings. The van der Waals surface area contributed by atoms with E-state index in [1.807, 2.05) is 30.3 Å². The fourth-order valence-electron chi connectivity index (χ4n) is 1.44. The molecule has 1 heterocycles. The van der Waals surface area contributed by atoms with E-state index in [0.717, 1.165) is 16.3 Å². The normalized spacial score (nSPS) is 10.7. The van der Waals surface area contributed by atoms with Gasteiger partial charge in [-0.05, 0) is 11.5 Å². The van der Waals surface area contributed by atoms with Gasteiger partial charge in [-0.3, -0.25) is 0 Å². The number of halogens is 1. The molecule has 1 aromatic carbocycles. The van der Waals surface area contributed by atoms with Crippen molar-refractivity contribution >= 4 is 28.4 Å². The lowest BCUT2D eigenvalue weighted by Gasteiger charge is -2.02. The van der Waals surface area contributed by atoms with E-state index in [1.165, 1.54) is 6.08 Å². The minimum absolute atomic E-state index is 0.486. The number of fused-ring (bicyclic) bond motifs is 1. The van der Waals surface area contributed by atoms with Gasteiger partial charge < -0.3 is 0 Å². The molecule has 0 saturated carbocycles. The SMILES string of the molecule is N#CC=Cc1cnc(Cl)c2ccccc12. The maximum Gasteiger partial charge on any atom is 0.136 e. The van der Waals surface area contributed by atoms with Gasteiger partial charge >= 0.3 is 0 Å². The minimum atomic E-state index is 0.486. The van der Waals surface area contributed by atoms with Crippen LogP contribution in [-0.2, 0) is 0 Å². The van der Waals surface area contributed by atoms with Crippen LogP contribution in [0.1, 0.15) is 5.56 Å². The largest absolute Gasteiger partial charge is 0.243 e. The molecule has 0 aliphatic rings. The first kappa shape index (κ1) is 9.70. The van der Waals surface area contributed by atoms with E-state index < -0.39 is 0 Å². The molecular formula is C12H7ClN2. The molecule has 0 radical (unpaired) electrons. The Hall–Kier alpha value is -1.85. The third-order valence-electron chi connectivity index (χ3n) is 2.11. The van der Waals surface area contributed by atoms with Gasteiger partial charge in [-0.25, -0.2) is 4.98 Å². The monoisotopic (exact) mass is 214 g/mol. The van der Waals surface area contributed by atoms with Crippen LogP contribution in [0.3, 0.4) is 0 Å². The Morgan fingerprint density at radius 3 is 2.73 bits per heavy atom. The van der Waals surface area contributed by atoms with Gasteiger partial charge in [0, 0.05) is 23.2 Å². The Morgan fingerprint density at radius 2 is 2.00 bits per heavy atom. The predicted octanol–water partition coefficient (Wildman–Crippen LogP) is 3.42. The lowest BCUT2D eigenvalue weighted by Crippen LogP contribution is -1.83. The summed E-state index contributed by atoms with van der Waals surface area (Å²) < 4.78 is 0. The van der Waals surface area contributed by atoms with Gasteiger partial charge in [0.1, 0.15) is 5.15 Å². The molecule has 3 heteroatoms. The van der Waals surface area contributed by atoms with E-state index in [4.69, 9.17) is 16.9 Å². The predicted molar refractivity (Wildman–Crippen MR) is 61.4 cm³/mol. The van der Waals surface area contributed by atoms with E-state index in [9.17, 15) is 0 Å². The Labute approximate surface area is 92.4 Å². The first-order valence-corrected chi connectivity index (χ1v) is 4.80. The third-order valence-corrected chi connectivity index (χ3v) is 2.42. The molecule has 2 nitrogen and oxygen atoms in total. The quantitative estimate of drug-likeness (QED) is 0.539. The molecule has 1 aromatic heterocycles. The second-order valence-electron chi connectivity index (χ2n) is 3.01. The van der Waals surface area contributed by atoms with Crippen LogP contribution in [0.15, 0.2) is 36.5 Å². The van der Waals surface area contributed by atoms with E-state index in [2.05, 4.69) is 4.98 Å². The van der Waals surface area contributed by atoms with E-state index in [1.54, 1.807) is 12.3 Å². The van der Waals surface area contributed by atoms with Gasteiger partial charge in [0.25, 0.3) is 0 Å². The molecule has 0 aliphatic carbocycles. The van der Waals surface area contributed by atoms with Crippen molar-refractivity contribution in [2.75, 3.05) is 0 Å². The highest BCUT2D eigenvalue weighted by molar-refractivity contribution is 6.34. The molecule has 0 amide bonds. The lowest BCUT2D eigenvalue weighted by molar-refractivity contribution is 1.35. The molecule has 0 unspecified atom stereocenters. The zero-order valence-corrected chi connectivity index (χ0v) is 8.57. The zero-order valence-electron chi connectivity index (χ0n) is 7.81. The van der Waals surface area contributed by atoms with Gasteiger partial charge in [0.15, 0.2) is 0 Å². The second-order valence-corrected chi connectivity index (χ2v) is 3.37. The Morgan fingerprint density at radius 1 is 1.27 bits per heavy atom. The Bertz CT molecular complexity index is 567.